The third-order valence-corrected chi connectivity index (χ3v) is 5.90. The van der Waals surface area contributed by atoms with Crippen molar-refractivity contribution >= 4 is 33.7 Å². The van der Waals surface area contributed by atoms with Crippen LogP contribution < -0.4 is 15.4 Å². The Kier molecular flexibility index (Phi) is 7.51. The second-order valence-corrected chi connectivity index (χ2v) is 8.69. The number of amides is 1. The first-order valence-corrected chi connectivity index (χ1v) is 11.0. The topological polar surface area (TPSA) is 81.9 Å². The Labute approximate surface area is 191 Å². The fraction of sp³-hybridized carbons (Fsp3) is 0.333. The highest BCUT2D eigenvalue weighted by molar-refractivity contribution is 9.10. The molecule has 2 atom stereocenters. The number of hydrogen-bond acceptors (Lipinski definition) is 5. The van der Waals surface area contributed by atoms with Crippen LogP contribution in [0.25, 0.3) is 0 Å². The summed E-state index contributed by atoms with van der Waals surface area (Å²) in [5.74, 6) is 0.714. The third-order valence-electron chi connectivity index (χ3n) is 5.24. The molecule has 2 aromatic carbocycles. The van der Waals surface area contributed by atoms with E-state index >= 15 is 0 Å². The molecular weight excluding hydrogens is 460 g/mol. The third kappa shape index (κ3) is 5.54. The van der Waals surface area contributed by atoms with Gasteiger partial charge >= 0.3 is 6.16 Å². The molecule has 7 heteroatoms. The molecule has 1 amide bonds. The number of benzene rings is 2. The molecule has 3 rings (SSSR count). The number of hydrogen-bond donors (Lipinski definition) is 1. The molecule has 0 bridgehead atoms. The maximum absolute atomic E-state index is 13.2. The number of ether oxygens (including phenoxy) is 2. The van der Waals surface area contributed by atoms with Crippen LogP contribution in [0, 0.1) is 12.8 Å². The first-order valence-electron chi connectivity index (χ1n) is 10.2. The van der Waals surface area contributed by atoms with Crippen molar-refractivity contribution in [2.45, 2.75) is 32.7 Å². The lowest BCUT2D eigenvalue weighted by Crippen LogP contribution is -2.40. The number of fused-ring (bicyclic) bond motifs is 1. The first kappa shape index (κ1) is 23.0. The van der Waals surface area contributed by atoms with Crippen molar-refractivity contribution in [1.29, 1.82) is 0 Å². The summed E-state index contributed by atoms with van der Waals surface area (Å²) >= 11 is 3.51. The summed E-state index contributed by atoms with van der Waals surface area (Å²) in [4.78, 5) is 26.7. The van der Waals surface area contributed by atoms with Gasteiger partial charge in [0.15, 0.2) is 0 Å². The molecule has 2 N–H and O–H groups in total. The fourth-order valence-corrected chi connectivity index (χ4v) is 4.77. The summed E-state index contributed by atoms with van der Waals surface area (Å²) in [5.41, 5.74) is 10.2. The summed E-state index contributed by atoms with van der Waals surface area (Å²) in [6.45, 7) is 8.26. The smallest absolute Gasteiger partial charge is 0.430 e. The predicted octanol–water partition coefficient (Wildman–Crippen LogP) is 5.07. The zero-order valence-corrected chi connectivity index (χ0v) is 19.4. The van der Waals surface area contributed by atoms with Crippen molar-refractivity contribution in [3.8, 4) is 5.75 Å². The van der Waals surface area contributed by atoms with Gasteiger partial charge in [-0.25, -0.2) is 4.79 Å². The average Bonchev–Trinajstić information content (AvgIpc) is 2.70. The molecular formula is C24H27BrN2O4. The summed E-state index contributed by atoms with van der Waals surface area (Å²) in [5, 5.41) is 0. The van der Waals surface area contributed by atoms with E-state index in [1.807, 2.05) is 30.0 Å². The lowest BCUT2D eigenvalue weighted by atomic mass is 9.92. The highest BCUT2D eigenvalue weighted by Crippen LogP contribution is 2.34. The van der Waals surface area contributed by atoms with Gasteiger partial charge in [-0.1, -0.05) is 53.7 Å². The van der Waals surface area contributed by atoms with Gasteiger partial charge in [-0.3, -0.25) is 4.79 Å². The fourth-order valence-electron chi connectivity index (χ4n) is 3.94. The lowest BCUT2D eigenvalue weighted by Gasteiger charge is -2.34. The average molecular weight is 487 g/mol. The molecule has 0 aliphatic carbocycles. The molecule has 0 saturated carbocycles. The standard InChI is InChI=1S/C24H27BrN2O4/c1-4-9-30-24(29)31-18-11-16(3)23(19(25)12-18)20(26)13-22(28)27-14-15(2)10-17-7-5-6-8-21(17)27/h4-8,11-12,15,20H,1,9-10,13-14,26H2,2-3H3. The Morgan fingerprint density at radius 3 is 2.81 bits per heavy atom. The molecule has 1 aliphatic heterocycles. The van der Waals surface area contributed by atoms with Crippen LogP contribution in [-0.2, 0) is 16.0 Å². The quantitative estimate of drug-likeness (QED) is 0.350. The molecule has 0 aromatic heterocycles. The van der Waals surface area contributed by atoms with Crippen molar-refractivity contribution in [2.75, 3.05) is 18.1 Å². The van der Waals surface area contributed by atoms with Gasteiger partial charge in [0.05, 0.1) is 0 Å². The first-order chi connectivity index (χ1) is 14.8. The molecule has 164 valence electrons. The summed E-state index contributed by atoms with van der Waals surface area (Å²) in [6.07, 6.45) is 1.79. The van der Waals surface area contributed by atoms with Gasteiger partial charge in [-0.15, -0.1) is 0 Å². The second kappa shape index (κ2) is 10.1. The van der Waals surface area contributed by atoms with E-state index in [2.05, 4.69) is 35.5 Å². The van der Waals surface area contributed by atoms with E-state index < -0.39 is 12.2 Å². The Hall–Kier alpha value is -2.64. The van der Waals surface area contributed by atoms with Gasteiger partial charge in [-0.05, 0) is 54.2 Å². The molecule has 0 radical (unpaired) electrons. The largest absolute Gasteiger partial charge is 0.514 e. The minimum absolute atomic E-state index is 0.00821. The van der Waals surface area contributed by atoms with Crippen LogP contribution in [0.5, 0.6) is 5.75 Å². The van der Waals surface area contributed by atoms with E-state index in [1.165, 1.54) is 11.6 Å². The minimum atomic E-state index is -0.809. The van der Waals surface area contributed by atoms with Crippen LogP contribution in [0.1, 0.15) is 36.1 Å². The SMILES string of the molecule is C=CCOC(=O)Oc1cc(C)c(C(N)CC(=O)N2CC(C)Cc3ccccc32)c(Br)c1. The number of para-hydroxylation sites is 1. The van der Waals surface area contributed by atoms with Crippen molar-refractivity contribution < 1.29 is 19.1 Å². The van der Waals surface area contributed by atoms with E-state index in [1.54, 1.807) is 12.1 Å². The molecule has 1 aliphatic rings. The number of nitrogens with zero attached hydrogens (tertiary/aromatic N) is 1. The van der Waals surface area contributed by atoms with E-state index in [0.29, 0.717) is 22.7 Å². The number of aryl methyl sites for hydroxylation is 1. The minimum Gasteiger partial charge on any atom is -0.430 e. The summed E-state index contributed by atoms with van der Waals surface area (Å²) in [6, 6.07) is 10.9. The molecule has 0 spiro atoms. The van der Waals surface area contributed by atoms with Crippen molar-refractivity contribution in [3.63, 3.8) is 0 Å². The van der Waals surface area contributed by atoms with E-state index in [-0.39, 0.29) is 18.9 Å². The Morgan fingerprint density at radius 2 is 2.10 bits per heavy atom. The van der Waals surface area contributed by atoms with E-state index in [0.717, 1.165) is 23.2 Å². The highest BCUT2D eigenvalue weighted by Gasteiger charge is 2.28. The van der Waals surface area contributed by atoms with Crippen LogP contribution in [0.15, 0.2) is 53.5 Å². The number of halogens is 1. The van der Waals surface area contributed by atoms with Crippen molar-refractivity contribution in [2.24, 2.45) is 11.7 Å². The number of carbonyl (C=O) groups is 2. The zero-order chi connectivity index (χ0) is 22.5. The normalized spacial score (nSPS) is 16.3. The number of carbonyl (C=O) groups excluding carboxylic acids is 2. The molecule has 31 heavy (non-hydrogen) atoms. The predicted molar refractivity (Wildman–Crippen MR) is 124 cm³/mol. The number of rotatable bonds is 6. The van der Waals surface area contributed by atoms with Gasteiger partial charge in [-0.2, -0.15) is 0 Å². The second-order valence-electron chi connectivity index (χ2n) is 7.84. The summed E-state index contributed by atoms with van der Waals surface area (Å²) in [7, 11) is 0. The van der Waals surface area contributed by atoms with Crippen LogP contribution in [0.2, 0.25) is 0 Å². The van der Waals surface area contributed by atoms with Gasteiger partial charge < -0.3 is 20.1 Å². The van der Waals surface area contributed by atoms with E-state index in [4.69, 9.17) is 15.2 Å². The maximum atomic E-state index is 13.2. The van der Waals surface area contributed by atoms with Crippen LogP contribution in [-0.4, -0.2) is 25.2 Å². The zero-order valence-electron chi connectivity index (χ0n) is 17.8. The maximum Gasteiger partial charge on any atom is 0.514 e. The van der Waals surface area contributed by atoms with Gasteiger partial charge in [0.25, 0.3) is 0 Å². The molecule has 2 unspecified atom stereocenters. The van der Waals surface area contributed by atoms with Gasteiger partial charge in [0, 0.05) is 29.2 Å². The van der Waals surface area contributed by atoms with Gasteiger partial charge in [0.1, 0.15) is 12.4 Å². The lowest BCUT2D eigenvalue weighted by molar-refractivity contribution is -0.119. The van der Waals surface area contributed by atoms with Crippen LogP contribution in [0.3, 0.4) is 0 Å². The van der Waals surface area contributed by atoms with Crippen molar-refractivity contribution in [3.05, 3.63) is 70.2 Å². The monoisotopic (exact) mass is 486 g/mol. The Morgan fingerprint density at radius 1 is 1.35 bits per heavy atom. The van der Waals surface area contributed by atoms with Crippen LogP contribution >= 0.6 is 15.9 Å². The van der Waals surface area contributed by atoms with Gasteiger partial charge in [0.2, 0.25) is 5.91 Å². The highest BCUT2D eigenvalue weighted by atomic mass is 79.9. The van der Waals surface area contributed by atoms with E-state index in [9.17, 15) is 9.59 Å². The summed E-state index contributed by atoms with van der Waals surface area (Å²) < 4.78 is 10.7. The Balaban J connectivity index is 1.74. The molecule has 0 fully saturated rings. The molecule has 6 nitrogen and oxygen atoms in total. The molecule has 2 aromatic rings. The van der Waals surface area contributed by atoms with Crippen LogP contribution in [0.4, 0.5) is 10.5 Å². The number of anilines is 1. The van der Waals surface area contributed by atoms with Crippen molar-refractivity contribution in [1.82, 2.24) is 0 Å². The molecule has 0 saturated heterocycles. The number of nitrogens with two attached hydrogens (primary N) is 1. The molecule has 1 heterocycles. The Bertz CT molecular complexity index is 968.